The summed E-state index contributed by atoms with van der Waals surface area (Å²) in [6.07, 6.45) is -7.92. The molecule has 1 aromatic carbocycles. The second-order valence-corrected chi connectivity index (χ2v) is 4.04. The molecule has 0 aliphatic carbocycles. The molecule has 1 rings (SSSR count). The predicted octanol–water partition coefficient (Wildman–Crippen LogP) is 3.85. The summed E-state index contributed by atoms with van der Waals surface area (Å²) < 4.78 is 43.5. The zero-order valence-electron chi connectivity index (χ0n) is 9.58. The zero-order chi connectivity index (χ0) is 13.8. The highest BCUT2D eigenvalue weighted by atomic mass is 35.5. The van der Waals surface area contributed by atoms with Crippen molar-refractivity contribution in [2.45, 2.75) is 31.7 Å². The van der Waals surface area contributed by atoms with Crippen molar-refractivity contribution in [1.82, 2.24) is 0 Å². The second kappa shape index (κ2) is 6.20. The smallest absolute Gasteiger partial charge is 0.352 e. The normalized spacial score (nSPS) is 15.2. The number of hydrogen-bond acceptors (Lipinski definition) is 2. The Hall–Kier alpha value is -1.07. The molecule has 18 heavy (non-hydrogen) atoms. The fourth-order valence-electron chi connectivity index (χ4n) is 1.45. The Labute approximate surface area is 108 Å². The molecule has 0 heterocycles. The molecule has 0 N–H and O–H groups in total. The van der Waals surface area contributed by atoms with Crippen LogP contribution in [0, 0.1) is 0 Å². The van der Waals surface area contributed by atoms with Gasteiger partial charge < -0.3 is 4.74 Å². The molecule has 0 bridgehead atoms. The van der Waals surface area contributed by atoms with Gasteiger partial charge in [-0.15, -0.1) is 0 Å². The van der Waals surface area contributed by atoms with Crippen LogP contribution in [0.4, 0.5) is 13.2 Å². The highest BCUT2D eigenvalue weighted by Crippen LogP contribution is 2.37. The summed E-state index contributed by atoms with van der Waals surface area (Å²) in [5.74, 6) is 0. The van der Waals surface area contributed by atoms with E-state index in [2.05, 4.69) is 0 Å². The summed E-state index contributed by atoms with van der Waals surface area (Å²) in [4.78, 5) is 10.9. The van der Waals surface area contributed by atoms with Gasteiger partial charge in [0.2, 0.25) is 0 Å². The van der Waals surface area contributed by atoms with E-state index in [0.29, 0.717) is 0 Å². The van der Waals surface area contributed by atoms with Gasteiger partial charge in [-0.1, -0.05) is 37.3 Å². The first-order valence-corrected chi connectivity index (χ1v) is 5.70. The van der Waals surface area contributed by atoms with Crippen LogP contribution in [0.25, 0.3) is 0 Å². The third-order valence-corrected chi connectivity index (χ3v) is 2.57. The fraction of sp³-hybridized carbons (Fsp3) is 0.417. The summed E-state index contributed by atoms with van der Waals surface area (Å²) in [6, 6.07) is 7.13. The van der Waals surface area contributed by atoms with E-state index in [4.69, 9.17) is 16.3 Å². The maximum atomic E-state index is 12.9. The average molecular weight is 281 g/mol. The van der Waals surface area contributed by atoms with E-state index < -0.39 is 23.6 Å². The van der Waals surface area contributed by atoms with E-state index in [1.807, 2.05) is 0 Å². The van der Waals surface area contributed by atoms with Crippen LogP contribution >= 0.6 is 11.6 Å². The number of benzene rings is 1. The monoisotopic (exact) mass is 280 g/mol. The van der Waals surface area contributed by atoms with Crippen LogP contribution in [0.3, 0.4) is 0 Å². The lowest BCUT2D eigenvalue weighted by Crippen LogP contribution is -2.30. The molecule has 0 aromatic heterocycles. The van der Waals surface area contributed by atoms with E-state index in [1.54, 1.807) is 6.07 Å². The molecule has 1 aromatic rings. The third kappa shape index (κ3) is 3.99. The minimum absolute atomic E-state index is 0.0543. The molecular weight excluding hydrogens is 269 g/mol. The van der Waals surface area contributed by atoms with Crippen LogP contribution < -0.4 is 0 Å². The molecule has 0 amide bonds. The predicted molar refractivity (Wildman–Crippen MR) is 61.3 cm³/mol. The van der Waals surface area contributed by atoms with Crippen LogP contribution in [0.15, 0.2) is 30.3 Å². The molecule has 0 aliphatic rings. The van der Waals surface area contributed by atoms with E-state index in [0.717, 1.165) is 0 Å². The minimum atomic E-state index is -4.60. The van der Waals surface area contributed by atoms with E-state index in [9.17, 15) is 18.0 Å². The van der Waals surface area contributed by atoms with Crippen LogP contribution in [-0.4, -0.2) is 17.5 Å². The topological polar surface area (TPSA) is 26.3 Å². The Balaban J connectivity index is 2.97. The van der Waals surface area contributed by atoms with Crippen LogP contribution in [0.2, 0.25) is 0 Å². The van der Waals surface area contributed by atoms with Crippen molar-refractivity contribution < 1.29 is 22.7 Å². The Morgan fingerprint density at radius 2 is 1.89 bits per heavy atom. The van der Waals surface area contributed by atoms with Gasteiger partial charge in [0.25, 0.3) is 5.24 Å². The molecule has 0 saturated carbocycles. The number of carbonyl (C=O) groups excluding carboxylic acids is 1. The Morgan fingerprint density at radius 3 is 2.28 bits per heavy atom. The average Bonchev–Trinajstić information content (AvgIpc) is 2.29. The minimum Gasteiger partial charge on any atom is -0.352 e. The number of ether oxygens (including phenoxy) is 1. The quantitative estimate of drug-likeness (QED) is 0.766. The molecule has 100 valence electrons. The second-order valence-electron chi connectivity index (χ2n) is 3.67. The molecule has 0 saturated heterocycles. The first kappa shape index (κ1) is 15.0. The van der Waals surface area contributed by atoms with E-state index >= 15 is 0 Å². The Morgan fingerprint density at radius 1 is 1.33 bits per heavy atom. The van der Waals surface area contributed by atoms with Crippen molar-refractivity contribution in [3.63, 3.8) is 0 Å². The van der Waals surface area contributed by atoms with Gasteiger partial charge in [0.05, 0.1) is 0 Å². The molecule has 0 radical (unpaired) electrons. The first-order chi connectivity index (χ1) is 8.36. The lowest BCUT2D eigenvalue weighted by molar-refractivity contribution is -0.234. The van der Waals surface area contributed by atoms with Gasteiger partial charge >= 0.3 is 6.18 Å². The van der Waals surface area contributed by atoms with Crippen molar-refractivity contribution in [3.05, 3.63) is 35.9 Å². The van der Waals surface area contributed by atoms with Crippen LogP contribution in [-0.2, 0) is 9.53 Å². The number of hydrogen-bond donors (Lipinski definition) is 0. The molecular formula is C12H12ClF3O2. The lowest BCUT2D eigenvalue weighted by atomic mass is 10.1. The molecule has 2 atom stereocenters. The van der Waals surface area contributed by atoms with E-state index in [1.165, 1.54) is 31.2 Å². The number of alkyl halides is 3. The van der Waals surface area contributed by atoms with Gasteiger partial charge in [0.15, 0.2) is 6.10 Å². The summed E-state index contributed by atoms with van der Waals surface area (Å²) in [5, 5.41) is -0.928. The fourth-order valence-corrected chi connectivity index (χ4v) is 1.65. The van der Waals surface area contributed by atoms with E-state index in [-0.39, 0.29) is 12.0 Å². The van der Waals surface area contributed by atoms with Crippen molar-refractivity contribution >= 4 is 16.8 Å². The standard InChI is InChI=1S/C12H12ClF3O2/c1-2-9(11(13)17)18-10(12(14,15)16)8-6-4-3-5-7-8/h3-7,9-10H,2H2,1H3. The van der Waals surface area contributed by atoms with Gasteiger partial charge in [0.1, 0.15) is 6.10 Å². The van der Waals surface area contributed by atoms with Gasteiger partial charge in [-0.25, -0.2) is 0 Å². The first-order valence-electron chi connectivity index (χ1n) is 5.32. The lowest BCUT2D eigenvalue weighted by Gasteiger charge is -2.24. The molecule has 2 nitrogen and oxygen atoms in total. The summed E-state index contributed by atoms with van der Waals surface area (Å²) in [6.45, 7) is 1.53. The summed E-state index contributed by atoms with van der Waals surface area (Å²) in [5.41, 5.74) is -0.0543. The molecule has 0 spiro atoms. The SMILES string of the molecule is CCC(OC(c1ccccc1)C(F)(F)F)C(=O)Cl. The number of carbonyl (C=O) groups is 1. The largest absolute Gasteiger partial charge is 0.418 e. The number of halogens is 4. The molecule has 6 heteroatoms. The van der Waals surface area contributed by atoms with Crippen molar-refractivity contribution in [3.8, 4) is 0 Å². The third-order valence-electron chi connectivity index (χ3n) is 2.32. The maximum Gasteiger partial charge on any atom is 0.418 e. The highest BCUT2D eigenvalue weighted by Gasteiger charge is 2.43. The van der Waals surface area contributed by atoms with Crippen molar-refractivity contribution in [2.24, 2.45) is 0 Å². The summed E-state index contributed by atoms with van der Waals surface area (Å²) >= 11 is 5.19. The molecule has 0 fully saturated rings. The van der Waals surface area contributed by atoms with Gasteiger partial charge in [-0.05, 0) is 23.6 Å². The Kier molecular flexibility index (Phi) is 5.16. The Bertz CT molecular complexity index is 392. The van der Waals surface area contributed by atoms with Crippen molar-refractivity contribution in [1.29, 1.82) is 0 Å². The van der Waals surface area contributed by atoms with Crippen LogP contribution in [0.5, 0.6) is 0 Å². The van der Waals surface area contributed by atoms with Gasteiger partial charge in [-0.2, -0.15) is 13.2 Å². The summed E-state index contributed by atoms with van der Waals surface area (Å²) in [7, 11) is 0. The zero-order valence-corrected chi connectivity index (χ0v) is 10.3. The maximum absolute atomic E-state index is 12.9. The highest BCUT2D eigenvalue weighted by molar-refractivity contribution is 6.64. The van der Waals surface area contributed by atoms with Gasteiger partial charge in [-0.3, -0.25) is 4.79 Å². The number of rotatable bonds is 5. The molecule has 2 unspecified atom stereocenters. The van der Waals surface area contributed by atoms with Crippen LogP contribution in [0.1, 0.15) is 25.0 Å². The molecule has 0 aliphatic heterocycles. The van der Waals surface area contributed by atoms with Gasteiger partial charge in [0, 0.05) is 0 Å². The van der Waals surface area contributed by atoms with Crippen molar-refractivity contribution in [2.75, 3.05) is 0 Å².